The molecule has 1 aliphatic heterocycles. The first-order valence-corrected chi connectivity index (χ1v) is 8.99. The van der Waals surface area contributed by atoms with E-state index in [1.807, 2.05) is 25.1 Å². The summed E-state index contributed by atoms with van der Waals surface area (Å²) in [6, 6.07) is 8.00. The van der Waals surface area contributed by atoms with Crippen LogP contribution < -0.4 is 5.32 Å². The Hall–Kier alpha value is -2.10. The molecule has 0 saturated heterocycles. The number of phenols is 1. The molecular formula is C20H24N2O2. The standard InChI is InChI=1S/C20H24N2O2/c1-12-20-17(22-16-8-4-3-7-15(16)21-12)10-13(11-19(20)24)14-6-2-5-9-18(14)23/h2,5-6,9,13,15-16,21,23H,3-4,7-8,10-11H2,1H3/t13-,15-,16-/m1/s1. The Bertz CT molecular complexity index is 735. The van der Waals surface area contributed by atoms with Crippen molar-refractivity contribution >= 4 is 11.5 Å². The van der Waals surface area contributed by atoms with Crippen molar-refractivity contribution in [3.63, 3.8) is 0 Å². The maximum absolute atomic E-state index is 12.8. The maximum Gasteiger partial charge on any atom is 0.167 e. The molecule has 126 valence electrons. The lowest BCUT2D eigenvalue weighted by molar-refractivity contribution is -0.115. The molecule has 2 N–H and O–H groups in total. The maximum atomic E-state index is 12.8. The van der Waals surface area contributed by atoms with Crippen molar-refractivity contribution < 1.29 is 9.90 Å². The largest absolute Gasteiger partial charge is 0.508 e. The fraction of sp³-hybridized carbons (Fsp3) is 0.500. The highest BCUT2D eigenvalue weighted by Crippen LogP contribution is 2.38. The number of fused-ring (bicyclic) bond motifs is 2. The number of aromatic hydroxyl groups is 1. The number of nitrogens with zero attached hydrogens (tertiary/aromatic N) is 1. The van der Waals surface area contributed by atoms with Gasteiger partial charge in [0.1, 0.15) is 5.75 Å². The van der Waals surface area contributed by atoms with E-state index in [-0.39, 0.29) is 23.5 Å². The molecule has 4 rings (SSSR count). The molecule has 0 amide bonds. The van der Waals surface area contributed by atoms with Crippen LogP contribution in [-0.2, 0) is 4.79 Å². The minimum absolute atomic E-state index is 0.0224. The Morgan fingerprint density at radius 2 is 1.96 bits per heavy atom. The highest BCUT2D eigenvalue weighted by Gasteiger charge is 2.36. The van der Waals surface area contributed by atoms with Crippen LogP contribution in [0.4, 0.5) is 0 Å². The summed E-state index contributed by atoms with van der Waals surface area (Å²) in [5.41, 5.74) is 3.60. The molecule has 4 nitrogen and oxygen atoms in total. The summed E-state index contributed by atoms with van der Waals surface area (Å²) in [6.45, 7) is 2.01. The number of carbonyl (C=O) groups is 1. The summed E-state index contributed by atoms with van der Waals surface area (Å²) in [5, 5.41) is 13.7. The summed E-state index contributed by atoms with van der Waals surface area (Å²) >= 11 is 0. The van der Waals surface area contributed by atoms with E-state index in [1.165, 1.54) is 12.8 Å². The second kappa shape index (κ2) is 6.08. The number of para-hydroxylation sites is 1. The number of carbonyl (C=O) groups excluding carboxylic acids is 1. The van der Waals surface area contributed by atoms with E-state index in [9.17, 15) is 9.90 Å². The molecule has 1 aromatic rings. The Kier molecular flexibility index (Phi) is 3.91. The lowest BCUT2D eigenvalue weighted by atomic mass is 9.78. The van der Waals surface area contributed by atoms with Gasteiger partial charge in [-0.15, -0.1) is 0 Å². The van der Waals surface area contributed by atoms with E-state index in [0.29, 0.717) is 12.5 Å². The Labute approximate surface area is 142 Å². The Morgan fingerprint density at radius 3 is 2.79 bits per heavy atom. The van der Waals surface area contributed by atoms with Crippen LogP contribution >= 0.6 is 0 Å². The number of ketones is 1. The SMILES string of the molecule is CC1=C2C(=O)C[C@H](c3ccccc3O)CC2=N[C@@H]2CCCC[C@H]2N1. The van der Waals surface area contributed by atoms with Crippen LogP contribution in [0.3, 0.4) is 0 Å². The van der Waals surface area contributed by atoms with Gasteiger partial charge in [-0.1, -0.05) is 31.0 Å². The average Bonchev–Trinajstić information content (AvgIpc) is 2.70. The number of hydrogen-bond donors (Lipinski definition) is 2. The van der Waals surface area contributed by atoms with Gasteiger partial charge in [0.25, 0.3) is 0 Å². The van der Waals surface area contributed by atoms with Crippen LogP contribution in [0.15, 0.2) is 40.5 Å². The van der Waals surface area contributed by atoms with Crippen LogP contribution in [0.25, 0.3) is 0 Å². The smallest absolute Gasteiger partial charge is 0.167 e. The molecule has 2 fully saturated rings. The normalized spacial score (nSPS) is 30.0. The summed E-state index contributed by atoms with van der Waals surface area (Å²) in [7, 11) is 0. The lowest BCUT2D eigenvalue weighted by Crippen LogP contribution is -2.39. The summed E-state index contributed by atoms with van der Waals surface area (Å²) in [5.74, 6) is 0.452. The number of phenolic OH excluding ortho intramolecular Hbond substituents is 1. The molecule has 2 aliphatic carbocycles. The number of allylic oxidation sites excluding steroid dienone is 2. The van der Waals surface area contributed by atoms with Crippen LogP contribution in [0.1, 0.15) is 56.9 Å². The van der Waals surface area contributed by atoms with E-state index in [1.54, 1.807) is 6.07 Å². The van der Waals surface area contributed by atoms with Crippen molar-refractivity contribution in [2.45, 2.75) is 63.5 Å². The second-order valence-electron chi connectivity index (χ2n) is 7.27. The Morgan fingerprint density at radius 1 is 1.17 bits per heavy atom. The molecule has 0 bridgehead atoms. The first-order valence-electron chi connectivity index (χ1n) is 8.99. The van der Waals surface area contributed by atoms with Gasteiger partial charge in [0.15, 0.2) is 5.78 Å². The van der Waals surface area contributed by atoms with E-state index in [4.69, 9.17) is 4.99 Å². The van der Waals surface area contributed by atoms with Crippen molar-refractivity contribution in [3.8, 4) is 5.75 Å². The topological polar surface area (TPSA) is 61.7 Å². The fourth-order valence-electron chi connectivity index (χ4n) is 4.47. The first kappa shape index (κ1) is 15.4. The molecule has 3 aliphatic rings. The molecule has 0 unspecified atom stereocenters. The molecule has 2 saturated carbocycles. The quantitative estimate of drug-likeness (QED) is 0.831. The van der Waals surface area contributed by atoms with Crippen LogP contribution in [0, 0.1) is 0 Å². The molecular weight excluding hydrogens is 300 g/mol. The Balaban J connectivity index is 1.71. The van der Waals surface area contributed by atoms with Crippen molar-refractivity contribution in [3.05, 3.63) is 41.1 Å². The number of benzene rings is 1. The summed E-state index contributed by atoms with van der Waals surface area (Å²) in [4.78, 5) is 17.9. The van der Waals surface area contributed by atoms with Gasteiger partial charge < -0.3 is 10.4 Å². The summed E-state index contributed by atoms with van der Waals surface area (Å²) in [6.07, 6.45) is 5.85. The first-order chi connectivity index (χ1) is 11.6. The average molecular weight is 324 g/mol. The van der Waals surface area contributed by atoms with Gasteiger partial charge in [-0.05, 0) is 37.8 Å². The second-order valence-corrected chi connectivity index (χ2v) is 7.27. The monoisotopic (exact) mass is 324 g/mol. The third-order valence-electron chi connectivity index (χ3n) is 5.64. The van der Waals surface area contributed by atoms with E-state index >= 15 is 0 Å². The molecule has 24 heavy (non-hydrogen) atoms. The zero-order chi connectivity index (χ0) is 16.7. The zero-order valence-electron chi connectivity index (χ0n) is 14.1. The van der Waals surface area contributed by atoms with Gasteiger partial charge in [-0.2, -0.15) is 0 Å². The van der Waals surface area contributed by atoms with Crippen molar-refractivity contribution in [2.75, 3.05) is 0 Å². The predicted octanol–water partition coefficient (Wildman–Crippen LogP) is 3.47. The molecule has 3 atom stereocenters. The highest BCUT2D eigenvalue weighted by atomic mass is 16.3. The molecule has 1 aromatic carbocycles. The third kappa shape index (κ3) is 2.64. The predicted molar refractivity (Wildman–Crippen MR) is 94.4 cm³/mol. The minimum atomic E-state index is 0.0224. The van der Waals surface area contributed by atoms with Gasteiger partial charge in [-0.3, -0.25) is 9.79 Å². The van der Waals surface area contributed by atoms with Crippen molar-refractivity contribution in [1.82, 2.24) is 5.32 Å². The third-order valence-corrected chi connectivity index (χ3v) is 5.64. The molecule has 1 heterocycles. The lowest BCUT2D eigenvalue weighted by Gasteiger charge is -2.29. The van der Waals surface area contributed by atoms with Gasteiger partial charge in [0, 0.05) is 29.8 Å². The van der Waals surface area contributed by atoms with Crippen molar-refractivity contribution in [2.24, 2.45) is 4.99 Å². The van der Waals surface area contributed by atoms with Crippen LogP contribution in [0.2, 0.25) is 0 Å². The summed E-state index contributed by atoms with van der Waals surface area (Å²) < 4.78 is 0. The number of hydrogen-bond acceptors (Lipinski definition) is 4. The minimum Gasteiger partial charge on any atom is -0.508 e. The molecule has 0 aromatic heterocycles. The van der Waals surface area contributed by atoms with Gasteiger partial charge in [0.2, 0.25) is 0 Å². The number of Topliss-reactive ketones (excluding diaryl/α,β-unsaturated/α-hetero) is 1. The fourth-order valence-corrected chi connectivity index (χ4v) is 4.47. The molecule has 4 heteroatoms. The van der Waals surface area contributed by atoms with E-state index in [0.717, 1.165) is 41.8 Å². The van der Waals surface area contributed by atoms with Gasteiger partial charge in [0.05, 0.1) is 11.6 Å². The van der Waals surface area contributed by atoms with E-state index < -0.39 is 0 Å². The zero-order valence-corrected chi connectivity index (χ0v) is 14.1. The van der Waals surface area contributed by atoms with Crippen molar-refractivity contribution in [1.29, 1.82) is 0 Å². The number of rotatable bonds is 1. The van der Waals surface area contributed by atoms with Gasteiger partial charge >= 0.3 is 0 Å². The number of aliphatic imine (C=N–C) groups is 1. The highest BCUT2D eigenvalue weighted by molar-refractivity contribution is 6.25. The van der Waals surface area contributed by atoms with E-state index in [2.05, 4.69) is 5.32 Å². The number of nitrogens with one attached hydrogen (secondary N) is 1. The van der Waals surface area contributed by atoms with Gasteiger partial charge in [-0.25, -0.2) is 0 Å². The van der Waals surface area contributed by atoms with Crippen LogP contribution in [0.5, 0.6) is 5.75 Å². The molecule has 0 radical (unpaired) electrons. The van der Waals surface area contributed by atoms with Crippen LogP contribution in [-0.4, -0.2) is 28.7 Å². The molecule has 0 spiro atoms.